The minimum atomic E-state index is -1.13. The van der Waals surface area contributed by atoms with Crippen molar-refractivity contribution in [1.29, 1.82) is 0 Å². The first-order valence-corrected chi connectivity index (χ1v) is 23.0. The maximum atomic E-state index is 15.3. The first kappa shape index (κ1) is 43.9. The lowest BCUT2D eigenvalue weighted by Crippen LogP contribution is -2.56. The smallest absolute Gasteiger partial charge is 0.338 e. The fourth-order valence-electron chi connectivity index (χ4n) is 10.2. The Morgan fingerprint density at radius 1 is 0.515 bits per heavy atom. The summed E-state index contributed by atoms with van der Waals surface area (Å²) in [5.74, 6) is -4.53. The predicted molar refractivity (Wildman–Crippen MR) is 251 cm³/mol. The number of amides is 3. The van der Waals surface area contributed by atoms with Gasteiger partial charge in [-0.25, -0.2) is 9.59 Å². The highest BCUT2D eigenvalue weighted by Gasteiger charge is 2.55. The molecule has 3 N–H and O–H groups in total. The van der Waals surface area contributed by atoms with Gasteiger partial charge in [0.05, 0.1) is 23.0 Å². The van der Waals surface area contributed by atoms with Crippen molar-refractivity contribution in [1.82, 2.24) is 10.6 Å². The van der Waals surface area contributed by atoms with Gasteiger partial charge >= 0.3 is 11.9 Å². The second-order valence-corrected chi connectivity index (χ2v) is 17.7. The Labute approximate surface area is 385 Å². The number of carbonyl (C=O) groups excluding carboxylic acids is 5. The Morgan fingerprint density at radius 2 is 0.955 bits per heavy atom. The van der Waals surface area contributed by atoms with E-state index in [0.29, 0.717) is 12.5 Å². The molecule has 0 heterocycles. The van der Waals surface area contributed by atoms with Crippen LogP contribution in [-0.4, -0.2) is 42.2 Å². The van der Waals surface area contributed by atoms with Crippen LogP contribution in [-0.2, 0) is 43.5 Å². The van der Waals surface area contributed by atoms with E-state index in [1.807, 2.05) is 127 Å². The summed E-state index contributed by atoms with van der Waals surface area (Å²) >= 11 is 0. The lowest BCUT2D eigenvalue weighted by molar-refractivity contribution is -0.138. The summed E-state index contributed by atoms with van der Waals surface area (Å²) in [5, 5.41) is 9.34. The van der Waals surface area contributed by atoms with Gasteiger partial charge < -0.3 is 25.4 Å². The normalized spacial score (nSPS) is 18.7. The molecule has 0 aromatic heterocycles. The zero-order valence-electron chi connectivity index (χ0n) is 36.7. The van der Waals surface area contributed by atoms with E-state index in [9.17, 15) is 19.2 Å². The van der Waals surface area contributed by atoms with Crippen molar-refractivity contribution in [2.24, 2.45) is 17.8 Å². The van der Waals surface area contributed by atoms with Crippen LogP contribution >= 0.6 is 0 Å². The summed E-state index contributed by atoms with van der Waals surface area (Å²) < 4.78 is 11.3. The molecule has 10 nitrogen and oxygen atoms in total. The molecular weight excluding hydrogens is 827 g/mol. The van der Waals surface area contributed by atoms with Crippen molar-refractivity contribution in [3.8, 4) is 0 Å². The molecule has 4 aliphatic rings. The van der Waals surface area contributed by atoms with E-state index >= 15 is 4.79 Å². The molecule has 10 rings (SSSR count). The number of fused-ring (bicyclic) bond motifs is 1. The number of hydrogen-bond acceptors (Lipinski definition) is 7. The molecule has 6 aromatic carbocycles. The van der Waals surface area contributed by atoms with Gasteiger partial charge in [-0.15, -0.1) is 0 Å². The molecular formula is C56H53N3O7. The Morgan fingerprint density at radius 3 is 1.44 bits per heavy atom. The SMILES string of the molecule is O=C(OCc1ccccc1)c1cc(NC(=O)[C@H](Cc2ccccc2)NC(=O)[C@H]2C3c4ccccc4C(c4ccccc43)[C@H]2C(=O)NCC2CCCCC2)cc(C(=O)OCc2ccccc2)c1. The first-order chi connectivity index (χ1) is 32.3. The van der Waals surface area contributed by atoms with Gasteiger partial charge in [0.2, 0.25) is 17.7 Å². The fourth-order valence-corrected chi connectivity index (χ4v) is 10.2. The van der Waals surface area contributed by atoms with Crippen molar-refractivity contribution in [2.75, 3.05) is 11.9 Å². The number of nitrogens with one attached hydrogen (secondary N) is 3. The van der Waals surface area contributed by atoms with Gasteiger partial charge in [0.25, 0.3) is 0 Å². The van der Waals surface area contributed by atoms with E-state index < -0.39 is 47.5 Å². The molecule has 0 spiro atoms. The minimum absolute atomic E-state index is 0.00715. The van der Waals surface area contributed by atoms with Gasteiger partial charge in [0.15, 0.2) is 0 Å². The molecule has 334 valence electrons. The van der Waals surface area contributed by atoms with Gasteiger partial charge in [-0.3, -0.25) is 14.4 Å². The summed E-state index contributed by atoms with van der Waals surface area (Å²) in [6.45, 7) is 0.545. The summed E-state index contributed by atoms with van der Waals surface area (Å²) in [6.07, 6.45) is 5.75. The summed E-state index contributed by atoms with van der Waals surface area (Å²) in [6, 6.07) is 47.1. The highest BCUT2D eigenvalue weighted by molar-refractivity contribution is 6.02. The molecule has 10 heteroatoms. The molecule has 3 atom stereocenters. The van der Waals surface area contributed by atoms with E-state index in [-0.39, 0.29) is 48.3 Å². The van der Waals surface area contributed by atoms with Gasteiger partial charge in [-0.1, -0.05) is 159 Å². The number of benzene rings is 6. The zero-order chi connectivity index (χ0) is 45.4. The lowest BCUT2D eigenvalue weighted by Gasteiger charge is -2.49. The summed E-state index contributed by atoms with van der Waals surface area (Å²) in [7, 11) is 0. The Kier molecular flexibility index (Phi) is 13.5. The van der Waals surface area contributed by atoms with Crippen LogP contribution in [0, 0.1) is 17.8 Å². The molecule has 6 aromatic rings. The fraction of sp³-hybridized carbons (Fsp3) is 0.268. The predicted octanol–water partition coefficient (Wildman–Crippen LogP) is 9.29. The van der Waals surface area contributed by atoms with Crippen LogP contribution < -0.4 is 16.0 Å². The first-order valence-electron chi connectivity index (χ1n) is 23.0. The van der Waals surface area contributed by atoms with Crippen LogP contribution in [0.15, 0.2) is 158 Å². The number of ether oxygens (including phenoxy) is 2. The lowest BCUT2D eigenvalue weighted by atomic mass is 9.53. The average Bonchev–Trinajstić information content (AvgIpc) is 3.37. The molecule has 0 aliphatic heterocycles. The molecule has 4 aliphatic carbocycles. The number of hydrogen-bond donors (Lipinski definition) is 3. The third kappa shape index (κ3) is 9.83. The Balaban J connectivity index is 1.02. The second kappa shape index (κ2) is 20.2. The summed E-state index contributed by atoms with van der Waals surface area (Å²) in [5.41, 5.74) is 6.63. The van der Waals surface area contributed by atoms with E-state index in [2.05, 4.69) is 28.1 Å². The van der Waals surface area contributed by atoms with Crippen molar-refractivity contribution in [3.05, 3.63) is 208 Å². The van der Waals surface area contributed by atoms with E-state index in [1.54, 1.807) is 0 Å². The topological polar surface area (TPSA) is 140 Å². The quantitative estimate of drug-likeness (QED) is 0.0874. The van der Waals surface area contributed by atoms with Gasteiger partial charge in [0, 0.05) is 30.5 Å². The monoisotopic (exact) mass is 879 g/mol. The van der Waals surface area contributed by atoms with Crippen molar-refractivity contribution >= 4 is 35.3 Å². The van der Waals surface area contributed by atoms with E-state index in [4.69, 9.17) is 9.47 Å². The number of carbonyl (C=O) groups is 5. The third-order valence-corrected chi connectivity index (χ3v) is 13.3. The molecule has 0 saturated heterocycles. The molecule has 1 fully saturated rings. The Bertz CT molecular complexity index is 2580. The molecule has 0 unspecified atom stereocenters. The van der Waals surface area contributed by atoms with Crippen molar-refractivity contribution in [3.63, 3.8) is 0 Å². The highest BCUT2D eigenvalue weighted by Crippen LogP contribution is 2.58. The molecule has 1 saturated carbocycles. The molecule has 66 heavy (non-hydrogen) atoms. The summed E-state index contributed by atoms with van der Waals surface area (Å²) in [4.78, 5) is 71.9. The average molecular weight is 880 g/mol. The van der Waals surface area contributed by atoms with Crippen molar-refractivity contribution in [2.45, 2.75) is 69.6 Å². The highest BCUT2D eigenvalue weighted by atomic mass is 16.5. The molecule has 0 radical (unpaired) electrons. The number of rotatable bonds is 15. The van der Waals surface area contributed by atoms with Gasteiger partial charge in [-0.05, 0) is 75.9 Å². The third-order valence-electron chi connectivity index (χ3n) is 13.3. The molecule has 3 amide bonds. The minimum Gasteiger partial charge on any atom is -0.457 e. The van der Waals surface area contributed by atoms with Gasteiger partial charge in [-0.2, -0.15) is 0 Å². The molecule has 2 bridgehead atoms. The van der Waals surface area contributed by atoms with E-state index in [1.165, 1.54) is 24.6 Å². The van der Waals surface area contributed by atoms with Crippen LogP contribution in [0.2, 0.25) is 0 Å². The van der Waals surface area contributed by atoms with Crippen molar-refractivity contribution < 1.29 is 33.4 Å². The second-order valence-electron chi connectivity index (χ2n) is 17.7. The standard InChI is InChI=1S/C56H53N3O7/c60-52(58-42-31-40(55(63)65-34-38-21-9-3-10-22-38)30-41(32-42)56(64)66-35-39-23-11-4-12-24-39)47(29-36-17-5-1-6-18-36)59-54(62)51-49-45-27-15-13-25-43(45)48(44-26-14-16-28-46(44)49)50(51)53(61)57-33-37-19-7-2-8-20-37/h1,3-6,9-18,21-28,30-32,37,47-51H,2,7-8,19-20,29,33-35H2,(H,57,61)(H,58,60)(H,59,62)/t47-,48?,49?,50+,51-/m0/s1. The van der Waals surface area contributed by atoms with Crippen LogP contribution in [0.4, 0.5) is 5.69 Å². The van der Waals surface area contributed by atoms with E-state index in [0.717, 1.165) is 64.6 Å². The largest absolute Gasteiger partial charge is 0.457 e. The zero-order valence-corrected chi connectivity index (χ0v) is 36.7. The van der Waals surface area contributed by atoms with Gasteiger partial charge in [0.1, 0.15) is 19.3 Å². The number of esters is 2. The van der Waals surface area contributed by atoms with Crippen LogP contribution in [0.25, 0.3) is 0 Å². The maximum Gasteiger partial charge on any atom is 0.338 e. The Hall–Kier alpha value is -7.33. The van der Waals surface area contributed by atoms with Crippen LogP contribution in [0.1, 0.15) is 104 Å². The number of anilines is 1. The van der Waals surface area contributed by atoms with Crippen LogP contribution in [0.5, 0.6) is 0 Å². The maximum absolute atomic E-state index is 15.3. The van der Waals surface area contributed by atoms with Crippen LogP contribution in [0.3, 0.4) is 0 Å².